The highest BCUT2D eigenvalue weighted by Crippen LogP contribution is 2.41. The molecule has 2 aromatic heterocycles. The number of benzene rings is 2. The van der Waals surface area contributed by atoms with Gasteiger partial charge in [-0.2, -0.15) is 5.26 Å². The van der Waals surface area contributed by atoms with Crippen molar-refractivity contribution >= 4 is 34.9 Å². The molecule has 4 aromatic rings. The lowest BCUT2D eigenvalue weighted by Crippen LogP contribution is -2.26. The Morgan fingerprint density at radius 3 is 2.47 bits per heavy atom. The molecule has 45 heavy (non-hydrogen) atoms. The van der Waals surface area contributed by atoms with Crippen molar-refractivity contribution in [3.05, 3.63) is 88.9 Å². The summed E-state index contributed by atoms with van der Waals surface area (Å²) in [4.78, 5) is 43.9. The van der Waals surface area contributed by atoms with Gasteiger partial charge in [-0.25, -0.2) is 0 Å². The van der Waals surface area contributed by atoms with Gasteiger partial charge in [0.2, 0.25) is 5.91 Å². The average Bonchev–Trinajstić information content (AvgIpc) is 3.91. The zero-order valence-electron chi connectivity index (χ0n) is 25.3. The van der Waals surface area contributed by atoms with E-state index in [0.29, 0.717) is 33.9 Å². The minimum Gasteiger partial charge on any atom is -0.494 e. The first-order chi connectivity index (χ1) is 21.7. The zero-order valence-corrected chi connectivity index (χ0v) is 25.3. The molecule has 1 saturated carbocycles. The number of aromatic nitrogens is 3. The monoisotopic (exact) mass is 604 g/mol. The molecule has 2 aromatic carbocycles. The number of hydrogen-bond acceptors (Lipinski definition) is 9. The SMILES string of the molecule is CNC(=O)c1nnc(NC(=O)C2CC2)cc1Nc1ccc(C)c(-c2ccc(C(=O)N(C)Cc3cc(C#N)ccn3)cc2)c1OC. The number of nitriles is 1. The molecule has 12 heteroatoms. The van der Waals surface area contributed by atoms with Crippen LogP contribution >= 0.6 is 0 Å². The first kappa shape index (κ1) is 30.6. The van der Waals surface area contributed by atoms with E-state index in [1.165, 1.54) is 7.05 Å². The van der Waals surface area contributed by atoms with Gasteiger partial charge < -0.3 is 25.6 Å². The van der Waals surface area contributed by atoms with E-state index in [2.05, 4.69) is 37.2 Å². The van der Waals surface area contributed by atoms with Crippen molar-refractivity contribution in [2.24, 2.45) is 5.92 Å². The van der Waals surface area contributed by atoms with Gasteiger partial charge in [0.15, 0.2) is 11.5 Å². The van der Waals surface area contributed by atoms with Crippen LogP contribution in [0.3, 0.4) is 0 Å². The Bertz CT molecular complexity index is 1810. The van der Waals surface area contributed by atoms with Crippen LogP contribution in [0.25, 0.3) is 11.1 Å². The van der Waals surface area contributed by atoms with Gasteiger partial charge in [0.25, 0.3) is 11.8 Å². The lowest BCUT2D eigenvalue weighted by atomic mass is 9.97. The number of anilines is 3. The summed E-state index contributed by atoms with van der Waals surface area (Å²) in [5.74, 6) is -0.0558. The fourth-order valence-corrected chi connectivity index (χ4v) is 4.85. The highest BCUT2D eigenvalue weighted by Gasteiger charge is 2.30. The van der Waals surface area contributed by atoms with Crippen LogP contribution < -0.4 is 20.7 Å². The van der Waals surface area contributed by atoms with Gasteiger partial charge in [-0.3, -0.25) is 19.4 Å². The second-order valence-corrected chi connectivity index (χ2v) is 10.7. The average molecular weight is 605 g/mol. The molecule has 3 amide bonds. The Kier molecular flexibility index (Phi) is 8.99. The molecule has 12 nitrogen and oxygen atoms in total. The van der Waals surface area contributed by atoms with Gasteiger partial charge in [-0.15, -0.1) is 10.2 Å². The Morgan fingerprint density at radius 2 is 1.80 bits per heavy atom. The van der Waals surface area contributed by atoms with Crippen LogP contribution in [0.2, 0.25) is 0 Å². The third-order valence-corrected chi connectivity index (χ3v) is 7.39. The lowest BCUT2D eigenvalue weighted by Gasteiger charge is -2.20. The fraction of sp³-hybridized carbons (Fsp3) is 0.242. The Labute approximate surface area is 260 Å². The summed E-state index contributed by atoms with van der Waals surface area (Å²) in [6.45, 7) is 2.21. The van der Waals surface area contributed by atoms with E-state index in [1.807, 2.05) is 31.2 Å². The van der Waals surface area contributed by atoms with Gasteiger partial charge in [-0.05, 0) is 61.2 Å². The Morgan fingerprint density at radius 1 is 1.04 bits per heavy atom. The topological polar surface area (TPSA) is 162 Å². The molecule has 0 spiro atoms. The number of rotatable bonds is 10. The van der Waals surface area contributed by atoms with Crippen LogP contribution in [0, 0.1) is 24.2 Å². The number of nitrogens with one attached hydrogen (secondary N) is 3. The predicted molar refractivity (Wildman–Crippen MR) is 168 cm³/mol. The minimum absolute atomic E-state index is 0.0258. The molecule has 0 atom stereocenters. The highest BCUT2D eigenvalue weighted by atomic mass is 16.5. The number of pyridine rings is 1. The van der Waals surface area contributed by atoms with E-state index in [9.17, 15) is 14.4 Å². The van der Waals surface area contributed by atoms with E-state index in [4.69, 9.17) is 10.00 Å². The van der Waals surface area contributed by atoms with Crippen molar-refractivity contribution in [1.82, 2.24) is 25.4 Å². The number of ether oxygens (including phenoxy) is 1. The van der Waals surface area contributed by atoms with Crippen LogP contribution in [0.15, 0.2) is 60.8 Å². The van der Waals surface area contributed by atoms with E-state index in [0.717, 1.165) is 29.5 Å². The van der Waals surface area contributed by atoms with Crippen molar-refractivity contribution in [3.63, 3.8) is 0 Å². The molecule has 0 aliphatic heterocycles. The molecule has 0 radical (unpaired) electrons. The third kappa shape index (κ3) is 6.88. The molecule has 5 rings (SSSR count). The first-order valence-corrected chi connectivity index (χ1v) is 14.3. The van der Waals surface area contributed by atoms with E-state index in [-0.39, 0.29) is 35.8 Å². The summed E-state index contributed by atoms with van der Waals surface area (Å²) < 4.78 is 5.87. The predicted octanol–water partition coefficient (Wildman–Crippen LogP) is 4.45. The number of amides is 3. The van der Waals surface area contributed by atoms with Gasteiger partial charge in [0.1, 0.15) is 5.75 Å². The van der Waals surface area contributed by atoms with Gasteiger partial charge in [0, 0.05) is 43.4 Å². The molecular formula is C33H32N8O4. The standard InChI is InChI=1S/C33H32N8O4/c1-19-5-12-25(37-26-16-27(38-31(42)22-8-9-22)39-40-29(26)32(43)35-2)30(45-4)28(19)21-6-10-23(11-7-21)33(44)41(3)18-24-15-20(17-34)13-14-36-24/h5-7,10-16,22H,8-9,18H2,1-4H3,(H,35,43)(H2,37,38,39,42). The van der Waals surface area contributed by atoms with Crippen LogP contribution in [0.1, 0.15) is 50.5 Å². The summed E-state index contributed by atoms with van der Waals surface area (Å²) in [6.07, 6.45) is 3.23. The summed E-state index contributed by atoms with van der Waals surface area (Å²) in [5, 5.41) is 25.8. The number of carbonyl (C=O) groups is 3. The van der Waals surface area contributed by atoms with Gasteiger partial charge in [-0.1, -0.05) is 18.2 Å². The van der Waals surface area contributed by atoms with Crippen LogP contribution in [0.4, 0.5) is 17.2 Å². The smallest absolute Gasteiger partial charge is 0.273 e. The fourth-order valence-electron chi connectivity index (χ4n) is 4.85. The van der Waals surface area contributed by atoms with Crippen molar-refractivity contribution < 1.29 is 19.1 Å². The lowest BCUT2D eigenvalue weighted by molar-refractivity contribution is -0.117. The number of hydrogen-bond donors (Lipinski definition) is 3. The quantitative estimate of drug-likeness (QED) is 0.237. The molecular weight excluding hydrogens is 572 g/mol. The summed E-state index contributed by atoms with van der Waals surface area (Å²) >= 11 is 0. The minimum atomic E-state index is -0.449. The van der Waals surface area contributed by atoms with Crippen molar-refractivity contribution in [1.29, 1.82) is 5.26 Å². The van der Waals surface area contributed by atoms with Crippen LogP contribution in [-0.2, 0) is 11.3 Å². The molecule has 0 unspecified atom stereocenters. The molecule has 3 N–H and O–H groups in total. The van der Waals surface area contributed by atoms with Crippen molar-refractivity contribution in [3.8, 4) is 22.9 Å². The summed E-state index contributed by atoms with van der Waals surface area (Å²) in [5.41, 5.74) is 5.06. The Balaban J connectivity index is 1.41. The largest absolute Gasteiger partial charge is 0.494 e. The van der Waals surface area contributed by atoms with Crippen molar-refractivity contribution in [2.45, 2.75) is 26.3 Å². The highest BCUT2D eigenvalue weighted by molar-refractivity contribution is 6.00. The molecule has 2 heterocycles. The van der Waals surface area contributed by atoms with E-state index < -0.39 is 5.91 Å². The number of nitrogens with zero attached hydrogens (tertiary/aromatic N) is 5. The molecule has 228 valence electrons. The number of methoxy groups -OCH3 is 1. The molecule has 1 aliphatic carbocycles. The van der Waals surface area contributed by atoms with Crippen LogP contribution in [-0.4, -0.2) is 59.0 Å². The summed E-state index contributed by atoms with van der Waals surface area (Å²) in [7, 11) is 4.73. The van der Waals surface area contributed by atoms with E-state index >= 15 is 0 Å². The third-order valence-electron chi connectivity index (χ3n) is 7.39. The maximum Gasteiger partial charge on any atom is 0.273 e. The van der Waals surface area contributed by atoms with Crippen LogP contribution in [0.5, 0.6) is 5.75 Å². The van der Waals surface area contributed by atoms with Gasteiger partial charge in [0.05, 0.1) is 42.4 Å². The van der Waals surface area contributed by atoms with Gasteiger partial charge >= 0.3 is 0 Å². The van der Waals surface area contributed by atoms with E-state index in [1.54, 1.807) is 55.6 Å². The number of aryl methyl sites for hydroxylation is 1. The zero-order chi connectivity index (χ0) is 32.1. The maximum absolute atomic E-state index is 13.2. The first-order valence-electron chi connectivity index (χ1n) is 14.3. The molecule has 1 aliphatic rings. The number of carbonyl (C=O) groups excluding carboxylic acids is 3. The van der Waals surface area contributed by atoms with Crippen molar-refractivity contribution in [2.75, 3.05) is 31.8 Å². The molecule has 0 bridgehead atoms. The second-order valence-electron chi connectivity index (χ2n) is 10.7. The normalized spacial score (nSPS) is 12.1. The second kappa shape index (κ2) is 13.2. The molecule has 1 fully saturated rings. The molecule has 0 saturated heterocycles. The summed E-state index contributed by atoms with van der Waals surface area (Å²) in [6, 6.07) is 17.9. The Hall–Kier alpha value is -5.83. The maximum atomic E-state index is 13.2.